The molecule has 7 heteroatoms. The molecule has 0 bridgehead atoms. The van der Waals surface area contributed by atoms with E-state index >= 15 is 0 Å². The van der Waals surface area contributed by atoms with Crippen LogP contribution >= 0.6 is 13.5 Å². The summed E-state index contributed by atoms with van der Waals surface area (Å²) < 4.78 is 31.7. The molecule has 26 heavy (non-hydrogen) atoms. The highest BCUT2D eigenvalue weighted by Crippen LogP contribution is 2.21. The van der Waals surface area contributed by atoms with Gasteiger partial charge in [-0.25, -0.2) is 13.8 Å². The van der Waals surface area contributed by atoms with Crippen molar-refractivity contribution in [3.05, 3.63) is 66.4 Å². The molecular weight excluding hydrogens is 358 g/mol. The number of ether oxygens (including phenoxy) is 1. The number of halogens is 2. The normalized spacial score (nSPS) is 11.2. The van der Waals surface area contributed by atoms with Crippen molar-refractivity contribution >= 4 is 25.1 Å². The largest absolute Gasteiger partial charge is 0.481 e. The van der Waals surface area contributed by atoms with Crippen LogP contribution in [0.15, 0.2) is 49.2 Å². The minimum Gasteiger partial charge on any atom is -0.481 e. The minimum atomic E-state index is -0.656. The highest BCUT2D eigenvalue weighted by atomic mass is 32.1. The maximum atomic E-state index is 13.3. The Kier molecular flexibility index (Phi) is 8.25. The Labute approximate surface area is 158 Å². The number of rotatable bonds is 7. The van der Waals surface area contributed by atoms with E-state index in [4.69, 9.17) is 4.74 Å². The maximum absolute atomic E-state index is 13.3. The van der Waals surface area contributed by atoms with Gasteiger partial charge in [-0.3, -0.25) is 4.79 Å². The average Bonchev–Trinajstić information content (AvgIpc) is 2.58. The number of anilines is 1. The summed E-state index contributed by atoms with van der Waals surface area (Å²) in [6.07, 6.45) is 3.37. The molecule has 0 aliphatic carbocycles. The lowest BCUT2D eigenvalue weighted by Gasteiger charge is -2.24. The van der Waals surface area contributed by atoms with Crippen molar-refractivity contribution in [3.8, 4) is 5.88 Å². The van der Waals surface area contributed by atoms with Crippen LogP contribution in [0, 0.1) is 17.6 Å². The van der Waals surface area contributed by atoms with E-state index in [0.29, 0.717) is 23.7 Å². The number of carbonyl (C=O) groups is 1. The molecule has 0 fully saturated rings. The van der Waals surface area contributed by atoms with Gasteiger partial charge in [0.15, 0.2) is 0 Å². The molecule has 140 valence electrons. The van der Waals surface area contributed by atoms with E-state index in [1.54, 1.807) is 25.1 Å². The maximum Gasteiger partial charge on any atom is 0.230 e. The van der Waals surface area contributed by atoms with Gasteiger partial charge in [0.25, 0.3) is 0 Å². The van der Waals surface area contributed by atoms with Crippen LogP contribution in [-0.4, -0.2) is 24.5 Å². The number of carbonyl (C=O) groups excluding carboxylic acids is 1. The third kappa shape index (κ3) is 5.56. The van der Waals surface area contributed by atoms with Crippen molar-refractivity contribution in [3.63, 3.8) is 0 Å². The Morgan fingerprint density at radius 2 is 1.96 bits per heavy atom. The molecule has 4 nitrogen and oxygen atoms in total. The van der Waals surface area contributed by atoms with Crippen LogP contribution < -0.4 is 9.64 Å². The van der Waals surface area contributed by atoms with E-state index in [0.717, 1.165) is 6.07 Å². The third-order valence-electron chi connectivity index (χ3n) is 3.71. The third-order valence-corrected chi connectivity index (χ3v) is 3.71. The quantitative estimate of drug-likeness (QED) is 0.685. The molecule has 0 aliphatic heterocycles. The first-order valence-electron chi connectivity index (χ1n) is 7.82. The average molecular weight is 380 g/mol. The van der Waals surface area contributed by atoms with Crippen molar-refractivity contribution in [2.24, 2.45) is 5.92 Å². The molecule has 0 saturated heterocycles. The zero-order valence-electron chi connectivity index (χ0n) is 14.7. The van der Waals surface area contributed by atoms with Crippen molar-refractivity contribution in [2.45, 2.75) is 13.3 Å². The standard InChI is InChI=1S/C19H20F2N2O2.H2S/c1-4-7-23(17-5-6-18(25-3)22-12-17)19(24)13(2)8-14-9-15(20)11-16(21)10-14;/h4-6,9-13H,1,7-8H2,2-3H3;1H2/t13-;/m0./s1. The molecule has 1 aromatic heterocycles. The van der Waals surface area contributed by atoms with Crippen LogP contribution in [0.2, 0.25) is 0 Å². The van der Waals surface area contributed by atoms with Gasteiger partial charge in [0, 0.05) is 24.6 Å². The highest BCUT2D eigenvalue weighted by molar-refractivity contribution is 7.59. The number of nitrogens with zero attached hydrogens (tertiary/aromatic N) is 2. The molecule has 2 aromatic rings. The van der Waals surface area contributed by atoms with Crippen molar-refractivity contribution < 1.29 is 18.3 Å². The Morgan fingerprint density at radius 3 is 2.46 bits per heavy atom. The molecular formula is C19H22F2N2O2S. The van der Waals surface area contributed by atoms with E-state index in [1.807, 2.05) is 0 Å². The van der Waals surface area contributed by atoms with E-state index in [1.165, 1.54) is 30.3 Å². The molecule has 0 radical (unpaired) electrons. The lowest BCUT2D eigenvalue weighted by Crippen LogP contribution is -2.36. The summed E-state index contributed by atoms with van der Waals surface area (Å²) in [6, 6.07) is 6.66. The molecule has 1 atom stereocenters. The van der Waals surface area contributed by atoms with Crippen LogP contribution in [0.4, 0.5) is 14.5 Å². The summed E-state index contributed by atoms with van der Waals surface area (Å²) in [6.45, 7) is 5.69. The number of hydrogen-bond acceptors (Lipinski definition) is 3. The minimum absolute atomic E-state index is 0. The summed E-state index contributed by atoms with van der Waals surface area (Å²) in [5.74, 6) is -1.52. The van der Waals surface area contributed by atoms with E-state index in [9.17, 15) is 13.6 Å². The van der Waals surface area contributed by atoms with Gasteiger partial charge in [-0.05, 0) is 30.2 Å². The highest BCUT2D eigenvalue weighted by Gasteiger charge is 2.22. The Bertz CT molecular complexity index is 733. The van der Waals surface area contributed by atoms with Gasteiger partial charge in [0.05, 0.1) is 19.0 Å². The fourth-order valence-corrected chi connectivity index (χ4v) is 2.54. The number of pyridine rings is 1. The predicted molar refractivity (Wildman–Crippen MR) is 103 cm³/mol. The molecule has 0 saturated carbocycles. The zero-order chi connectivity index (χ0) is 18.4. The first-order chi connectivity index (χ1) is 11.9. The molecule has 0 spiro atoms. The summed E-state index contributed by atoms with van der Waals surface area (Å²) in [5.41, 5.74) is 1.03. The van der Waals surface area contributed by atoms with Crippen molar-refractivity contribution in [2.75, 3.05) is 18.6 Å². The van der Waals surface area contributed by atoms with Crippen LogP contribution in [0.25, 0.3) is 0 Å². The van der Waals surface area contributed by atoms with Crippen LogP contribution in [-0.2, 0) is 11.2 Å². The number of benzene rings is 1. The lowest BCUT2D eigenvalue weighted by molar-refractivity contribution is -0.121. The van der Waals surface area contributed by atoms with Crippen LogP contribution in [0.5, 0.6) is 5.88 Å². The number of methoxy groups -OCH3 is 1. The lowest BCUT2D eigenvalue weighted by atomic mass is 9.99. The SMILES string of the molecule is C=CCN(C(=O)[C@@H](C)Cc1cc(F)cc(F)c1)c1ccc(OC)nc1.S. The molecule has 0 unspecified atom stereocenters. The molecule has 1 heterocycles. The number of hydrogen-bond donors (Lipinski definition) is 0. The number of amides is 1. The smallest absolute Gasteiger partial charge is 0.230 e. The van der Waals surface area contributed by atoms with Crippen LogP contribution in [0.3, 0.4) is 0 Å². The van der Waals surface area contributed by atoms with E-state index < -0.39 is 17.6 Å². The zero-order valence-corrected chi connectivity index (χ0v) is 15.7. The van der Waals surface area contributed by atoms with Gasteiger partial charge in [0.1, 0.15) is 11.6 Å². The molecule has 1 aromatic carbocycles. The van der Waals surface area contributed by atoms with Crippen molar-refractivity contribution in [1.29, 1.82) is 0 Å². The Hall–Kier alpha value is -2.41. The first-order valence-corrected chi connectivity index (χ1v) is 7.82. The summed E-state index contributed by atoms with van der Waals surface area (Å²) in [7, 11) is 1.51. The Balaban J connectivity index is 0.00000338. The molecule has 2 rings (SSSR count). The van der Waals surface area contributed by atoms with Crippen molar-refractivity contribution in [1.82, 2.24) is 4.98 Å². The molecule has 0 aliphatic rings. The fraction of sp³-hybridized carbons (Fsp3) is 0.263. The first kappa shape index (κ1) is 21.6. The number of aromatic nitrogens is 1. The molecule has 1 amide bonds. The predicted octanol–water partition coefficient (Wildman–Crippen LogP) is 3.88. The second-order valence-electron chi connectivity index (χ2n) is 5.68. The van der Waals surface area contributed by atoms with Gasteiger partial charge in [-0.15, -0.1) is 6.58 Å². The van der Waals surface area contributed by atoms with E-state index in [2.05, 4.69) is 11.6 Å². The summed E-state index contributed by atoms with van der Waals surface area (Å²) in [5, 5.41) is 0. The van der Waals surface area contributed by atoms with Gasteiger partial charge in [-0.1, -0.05) is 13.0 Å². The monoisotopic (exact) mass is 380 g/mol. The fourth-order valence-electron chi connectivity index (χ4n) is 2.54. The van der Waals surface area contributed by atoms with Gasteiger partial charge < -0.3 is 9.64 Å². The summed E-state index contributed by atoms with van der Waals surface area (Å²) >= 11 is 0. The van der Waals surface area contributed by atoms with E-state index in [-0.39, 0.29) is 25.8 Å². The van der Waals surface area contributed by atoms with Crippen LogP contribution in [0.1, 0.15) is 12.5 Å². The second-order valence-corrected chi connectivity index (χ2v) is 5.68. The topological polar surface area (TPSA) is 42.4 Å². The van der Waals surface area contributed by atoms with Gasteiger partial charge in [-0.2, -0.15) is 13.5 Å². The molecule has 0 N–H and O–H groups in total. The van der Waals surface area contributed by atoms with Gasteiger partial charge in [0.2, 0.25) is 11.8 Å². The Morgan fingerprint density at radius 1 is 1.31 bits per heavy atom. The second kappa shape index (κ2) is 9.91. The summed E-state index contributed by atoms with van der Waals surface area (Å²) in [4.78, 5) is 18.4. The van der Waals surface area contributed by atoms with Gasteiger partial charge >= 0.3 is 0 Å².